The molecule has 1 aliphatic heterocycles. The summed E-state index contributed by atoms with van der Waals surface area (Å²) in [5, 5.41) is 2.60. The van der Waals surface area contributed by atoms with Crippen LogP contribution in [0.5, 0.6) is 0 Å². The summed E-state index contributed by atoms with van der Waals surface area (Å²) in [6.07, 6.45) is 1.06. The lowest BCUT2D eigenvalue weighted by Crippen LogP contribution is -2.08. The molecule has 0 fully saturated rings. The van der Waals surface area contributed by atoms with Crippen molar-refractivity contribution in [3.05, 3.63) is 102 Å². The lowest BCUT2D eigenvalue weighted by molar-refractivity contribution is 0.743. The van der Waals surface area contributed by atoms with E-state index in [9.17, 15) is 0 Å². The Labute approximate surface area is 164 Å². The van der Waals surface area contributed by atoms with E-state index in [-0.39, 0.29) is 6.04 Å². The molecule has 2 heterocycles. The summed E-state index contributed by atoms with van der Waals surface area (Å²) >= 11 is 0. The molecular weight excluding hydrogens is 340 g/mol. The monoisotopic (exact) mass is 360 g/mol. The number of imidazole rings is 1. The van der Waals surface area contributed by atoms with E-state index in [1.807, 2.05) is 0 Å². The number of benzene rings is 4. The SMILES string of the molecule is CCc1ccc(C2c3c(ccc4ccccc34)-c3nc4ccccc4n32)cc1. The van der Waals surface area contributed by atoms with E-state index in [2.05, 4.69) is 96.4 Å². The first-order valence-electron chi connectivity index (χ1n) is 9.93. The topological polar surface area (TPSA) is 17.8 Å². The summed E-state index contributed by atoms with van der Waals surface area (Å²) in [4.78, 5) is 5.01. The Kier molecular flexibility index (Phi) is 3.24. The zero-order valence-electron chi connectivity index (χ0n) is 15.8. The molecule has 1 unspecified atom stereocenters. The van der Waals surface area contributed by atoms with E-state index < -0.39 is 0 Å². The Morgan fingerprint density at radius 2 is 1.61 bits per heavy atom. The van der Waals surface area contributed by atoms with Crippen LogP contribution in [0.15, 0.2) is 84.9 Å². The molecule has 0 bridgehead atoms. The van der Waals surface area contributed by atoms with Crippen LogP contribution in [-0.2, 0) is 6.42 Å². The summed E-state index contributed by atoms with van der Waals surface area (Å²) in [6.45, 7) is 2.20. The van der Waals surface area contributed by atoms with Gasteiger partial charge in [-0.1, -0.05) is 79.7 Å². The molecule has 0 spiro atoms. The summed E-state index contributed by atoms with van der Waals surface area (Å²) in [7, 11) is 0. The van der Waals surface area contributed by atoms with E-state index >= 15 is 0 Å². The second-order valence-corrected chi connectivity index (χ2v) is 7.54. The first-order chi connectivity index (χ1) is 13.8. The molecule has 6 rings (SSSR count). The second kappa shape index (κ2) is 5.80. The largest absolute Gasteiger partial charge is 0.312 e. The van der Waals surface area contributed by atoms with Crippen molar-refractivity contribution in [1.82, 2.24) is 9.55 Å². The zero-order valence-corrected chi connectivity index (χ0v) is 15.8. The van der Waals surface area contributed by atoms with Crippen LogP contribution in [0.2, 0.25) is 0 Å². The highest BCUT2D eigenvalue weighted by molar-refractivity contribution is 5.96. The van der Waals surface area contributed by atoms with Crippen LogP contribution in [0, 0.1) is 0 Å². The number of fused-ring (bicyclic) bond motifs is 7. The maximum atomic E-state index is 5.01. The number of aromatic nitrogens is 2. The van der Waals surface area contributed by atoms with E-state index in [4.69, 9.17) is 4.98 Å². The predicted molar refractivity (Wildman–Crippen MR) is 116 cm³/mol. The fourth-order valence-corrected chi connectivity index (χ4v) is 4.66. The number of hydrogen-bond donors (Lipinski definition) is 0. The molecule has 2 nitrogen and oxygen atoms in total. The summed E-state index contributed by atoms with van der Waals surface area (Å²) in [5.74, 6) is 1.08. The van der Waals surface area contributed by atoms with Crippen molar-refractivity contribution in [2.75, 3.05) is 0 Å². The van der Waals surface area contributed by atoms with Gasteiger partial charge in [-0.05, 0) is 46.0 Å². The van der Waals surface area contributed by atoms with Crippen molar-refractivity contribution < 1.29 is 0 Å². The molecule has 1 aliphatic rings. The van der Waals surface area contributed by atoms with Crippen LogP contribution >= 0.6 is 0 Å². The Morgan fingerprint density at radius 3 is 2.46 bits per heavy atom. The normalized spacial score (nSPS) is 15.1. The molecule has 0 saturated carbocycles. The fraction of sp³-hybridized carbons (Fsp3) is 0.115. The van der Waals surface area contributed by atoms with Crippen LogP contribution < -0.4 is 0 Å². The molecular formula is C26H20N2. The molecule has 1 atom stereocenters. The fourth-order valence-electron chi connectivity index (χ4n) is 4.66. The first-order valence-corrected chi connectivity index (χ1v) is 9.93. The highest BCUT2D eigenvalue weighted by atomic mass is 15.1. The minimum absolute atomic E-state index is 0.148. The molecule has 5 aromatic rings. The minimum atomic E-state index is 0.148. The third-order valence-electron chi connectivity index (χ3n) is 6.04. The van der Waals surface area contributed by atoms with E-state index in [0.29, 0.717) is 0 Å². The molecule has 0 saturated heterocycles. The molecule has 2 heteroatoms. The van der Waals surface area contributed by atoms with Crippen LogP contribution in [0.3, 0.4) is 0 Å². The standard InChI is InChI=1S/C26H20N2/c1-2-17-11-13-19(14-12-17)25-24-20-8-4-3-7-18(20)15-16-21(24)26-27-22-9-5-6-10-23(22)28(25)26/h3-16,25H,2H2,1H3. The predicted octanol–water partition coefficient (Wildman–Crippen LogP) is 6.37. The van der Waals surface area contributed by atoms with Crippen molar-refractivity contribution in [2.24, 2.45) is 0 Å². The van der Waals surface area contributed by atoms with Gasteiger partial charge in [0.2, 0.25) is 0 Å². The third-order valence-corrected chi connectivity index (χ3v) is 6.04. The Morgan fingerprint density at radius 1 is 0.821 bits per heavy atom. The molecule has 0 amide bonds. The Bertz CT molecular complexity index is 1340. The number of rotatable bonds is 2. The maximum Gasteiger partial charge on any atom is 0.142 e. The smallest absolute Gasteiger partial charge is 0.142 e. The van der Waals surface area contributed by atoms with Gasteiger partial charge in [0, 0.05) is 5.56 Å². The van der Waals surface area contributed by atoms with Gasteiger partial charge in [-0.25, -0.2) is 4.98 Å². The third kappa shape index (κ3) is 2.06. The van der Waals surface area contributed by atoms with E-state index in [1.165, 1.54) is 38.5 Å². The van der Waals surface area contributed by atoms with Gasteiger partial charge >= 0.3 is 0 Å². The van der Waals surface area contributed by atoms with Crippen LogP contribution in [-0.4, -0.2) is 9.55 Å². The Balaban J connectivity index is 1.72. The molecule has 28 heavy (non-hydrogen) atoms. The zero-order chi connectivity index (χ0) is 18.7. The van der Waals surface area contributed by atoms with Crippen molar-refractivity contribution in [1.29, 1.82) is 0 Å². The second-order valence-electron chi connectivity index (χ2n) is 7.54. The number of aryl methyl sites for hydroxylation is 1. The van der Waals surface area contributed by atoms with Crippen LogP contribution in [0.4, 0.5) is 0 Å². The van der Waals surface area contributed by atoms with Crippen molar-refractivity contribution in [3.63, 3.8) is 0 Å². The maximum absolute atomic E-state index is 5.01. The van der Waals surface area contributed by atoms with Gasteiger partial charge in [-0.15, -0.1) is 0 Å². The molecule has 0 aliphatic carbocycles. The molecule has 0 N–H and O–H groups in total. The van der Waals surface area contributed by atoms with Gasteiger partial charge in [-0.3, -0.25) is 0 Å². The van der Waals surface area contributed by atoms with Gasteiger partial charge in [0.1, 0.15) is 5.82 Å². The summed E-state index contributed by atoms with van der Waals surface area (Å²) < 4.78 is 2.42. The number of para-hydroxylation sites is 2. The van der Waals surface area contributed by atoms with Gasteiger partial charge in [-0.2, -0.15) is 0 Å². The Hall–Kier alpha value is -3.39. The quantitative estimate of drug-likeness (QED) is 0.351. The first kappa shape index (κ1) is 15.6. The molecule has 4 aromatic carbocycles. The lowest BCUT2D eigenvalue weighted by Gasteiger charge is -2.19. The van der Waals surface area contributed by atoms with Crippen molar-refractivity contribution in [3.8, 4) is 11.4 Å². The van der Waals surface area contributed by atoms with Crippen LogP contribution in [0.25, 0.3) is 33.2 Å². The van der Waals surface area contributed by atoms with E-state index in [0.717, 1.165) is 17.8 Å². The van der Waals surface area contributed by atoms with Gasteiger partial charge < -0.3 is 4.57 Å². The molecule has 134 valence electrons. The van der Waals surface area contributed by atoms with Crippen molar-refractivity contribution in [2.45, 2.75) is 19.4 Å². The highest BCUT2D eigenvalue weighted by Crippen LogP contribution is 2.47. The van der Waals surface area contributed by atoms with Crippen LogP contribution in [0.1, 0.15) is 29.7 Å². The average molecular weight is 360 g/mol. The van der Waals surface area contributed by atoms with Gasteiger partial charge in [0.05, 0.1) is 17.1 Å². The minimum Gasteiger partial charge on any atom is -0.312 e. The molecule has 0 radical (unpaired) electrons. The lowest BCUT2D eigenvalue weighted by atomic mass is 9.91. The molecule has 1 aromatic heterocycles. The van der Waals surface area contributed by atoms with E-state index in [1.54, 1.807) is 0 Å². The highest BCUT2D eigenvalue weighted by Gasteiger charge is 2.33. The summed E-state index contributed by atoms with van der Waals surface area (Å²) in [6, 6.07) is 30.9. The van der Waals surface area contributed by atoms with Gasteiger partial charge in [0.15, 0.2) is 0 Å². The van der Waals surface area contributed by atoms with Crippen molar-refractivity contribution >= 4 is 21.8 Å². The number of hydrogen-bond acceptors (Lipinski definition) is 1. The number of nitrogens with zero attached hydrogens (tertiary/aromatic N) is 2. The summed E-state index contributed by atoms with van der Waals surface area (Å²) in [5.41, 5.74) is 7.57. The average Bonchev–Trinajstić information content (AvgIpc) is 3.29. The van der Waals surface area contributed by atoms with Gasteiger partial charge in [0.25, 0.3) is 0 Å².